The molecule has 2 rings (SSSR count). The molecular formula is C14H18N2O3. The molecule has 1 saturated carbocycles. The molecule has 0 spiro atoms. The Morgan fingerprint density at radius 2 is 2.11 bits per heavy atom. The number of urea groups is 1. The molecule has 0 aromatic heterocycles. The maximum Gasteiger partial charge on any atom is 0.335 e. The number of hydrogen-bond donors (Lipinski definition) is 3. The van der Waals surface area contributed by atoms with Crippen molar-refractivity contribution >= 4 is 12.0 Å². The van der Waals surface area contributed by atoms with Crippen molar-refractivity contribution in [2.45, 2.75) is 31.7 Å². The molecule has 1 aliphatic rings. The van der Waals surface area contributed by atoms with E-state index in [2.05, 4.69) is 10.6 Å². The number of nitrogens with one attached hydrogen (secondary N) is 2. The number of carbonyl (C=O) groups excluding carboxylic acids is 1. The average Bonchev–Trinajstić information content (AvgIpc) is 2.34. The third-order valence-corrected chi connectivity index (χ3v) is 3.31. The molecule has 1 fully saturated rings. The lowest BCUT2D eigenvalue weighted by atomic mass is 9.93. The summed E-state index contributed by atoms with van der Waals surface area (Å²) >= 11 is 0. The maximum absolute atomic E-state index is 11.5. The molecule has 5 nitrogen and oxygen atoms in total. The van der Waals surface area contributed by atoms with Crippen molar-refractivity contribution in [3.63, 3.8) is 0 Å². The number of carbonyl (C=O) groups is 2. The van der Waals surface area contributed by atoms with Gasteiger partial charge in [-0.2, -0.15) is 0 Å². The minimum Gasteiger partial charge on any atom is -0.478 e. The van der Waals surface area contributed by atoms with E-state index in [1.165, 1.54) is 6.42 Å². The molecule has 0 aliphatic heterocycles. The minimum absolute atomic E-state index is 0.140. The molecule has 1 aliphatic carbocycles. The fourth-order valence-electron chi connectivity index (χ4n) is 1.97. The van der Waals surface area contributed by atoms with Crippen LogP contribution in [0.1, 0.15) is 35.2 Å². The highest BCUT2D eigenvalue weighted by molar-refractivity contribution is 5.87. The van der Waals surface area contributed by atoms with E-state index in [0.29, 0.717) is 19.0 Å². The predicted octanol–water partition coefficient (Wildman–Crippen LogP) is 1.78. The van der Waals surface area contributed by atoms with E-state index in [1.54, 1.807) is 18.2 Å². The first-order valence-corrected chi connectivity index (χ1v) is 6.52. The molecule has 0 radical (unpaired) electrons. The van der Waals surface area contributed by atoms with Gasteiger partial charge < -0.3 is 15.7 Å². The van der Waals surface area contributed by atoms with Crippen LogP contribution in [0.25, 0.3) is 0 Å². The lowest BCUT2D eigenvalue weighted by molar-refractivity contribution is 0.0696. The van der Waals surface area contributed by atoms with E-state index >= 15 is 0 Å². The van der Waals surface area contributed by atoms with Crippen LogP contribution < -0.4 is 10.6 Å². The highest BCUT2D eigenvalue weighted by Crippen LogP contribution is 2.17. The van der Waals surface area contributed by atoms with E-state index in [4.69, 9.17) is 5.11 Å². The largest absolute Gasteiger partial charge is 0.478 e. The molecule has 1 aromatic rings. The minimum atomic E-state index is -0.933. The van der Waals surface area contributed by atoms with Crippen LogP contribution in [-0.4, -0.2) is 29.7 Å². The number of aromatic carboxylic acids is 1. The zero-order valence-corrected chi connectivity index (χ0v) is 10.7. The summed E-state index contributed by atoms with van der Waals surface area (Å²) in [5.41, 5.74) is 1.18. The van der Waals surface area contributed by atoms with Crippen molar-refractivity contribution in [1.29, 1.82) is 0 Å². The molecular weight excluding hydrogens is 244 g/mol. The Hall–Kier alpha value is -2.04. The summed E-state index contributed by atoms with van der Waals surface area (Å²) in [7, 11) is 0. The molecule has 0 atom stereocenters. The fourth-order valence-corrected chi connectivity index (χ4v) is 1.97. The third-order valence-electron chi connectivity index (χ3n) is 3.31. The van der Waals surface area contributed by atoms with Gasteiger partial charge in [0.15, 0.2) is 0 Å². The van der Waals surface area contributed by atoms with Gasteiger partial charge in [-0.1, -0.05) is 12.1 Å². The average molecular weight is 262 g/mol. The number of carboxylic acids is 1. The number of carboxylic acid groups (broad SMARTS) is 1. The van der Waals surface area contributed by atoms with Crippen LogP contribution in [0.3, 0.4) is 0 Å². The summed E-state index contributed by atoms with van der Waals surface area (Å²) in [5.74, 6) is -0.933. The van der Waals surface area contributed by atoms with Gasteiger partial charge in [0.25, 0.3) is 0 Å². The first-order chi connectivity index (χ1) is 9.15. The highest BCUT2D eigenvalue weighted by Gasteiger charge is 2.18. The summed E-state index contributed by atoms with van der Waals surface area (Å²) in [5, 5.41) is 14.5. The summed E-state index contributed by atoms with van der Waals surface area (Å²) in [4.78, 5) is 22.3. The van der Waals surface area contributed by atoms with Crippen LogP contribution in [0.4, 0.5) is 4.79 Å². The molecule has 0 heterocycles. The van der Waals surface area contributed by atoms with Crippen molar-refractivity contribution in [2.24, 2.45) is 0 Å². The van der Waals surface area contributed by atoms with E-state index in [-0.39, 0.29) is 11.6 Å². The number of amides is 2. The molecule has 3 N–H and O–H groups in total. The van der Waals surface area contributed by atoms with Gasteiger partial charge in [0.1, 0.15) is 0 Å². The monoisotopic (exact) mass is 262 g/mol. The SMILES string of the molecule is O=C(NCCc1cccc(C(=O)O)c1)NC1CCC1. The van der Waals surface area contributed by atoms with E-state index in [9.17, 15) is 9.59 Å². The Balaban J connectivity index is 1.74. The maximum atomic E-state index is 11.5. The first-order valence-electron chi connectivity index (χ1n) is 6.52. The molecule has 5 heteroatoms. The Kier molecular flexibility index (Phi) is 4.39. The Labute approximate surface area is 112 Å². The number of rotatable bonds is 5. The normalized spacial score (nSPS) is 14.5. The highest BCUT2D eigenvalue weighted by atomic mass is 16.4. The number of benzene rings is 1. The standard InChI is InChI=1S/C14H18N2O3/c17-13(18)11-4-1-3-10(9-11)7-8-15-14(19)16-12-5-2-6-12/h1,3-4,9,12H,2,5-8H2,(H,17,18)(H2,15,16,19). The van der Waals surface area contributed by atoms with Crippen LogP contribution in [0.5, 0.6) is 0 Å². The smallest absolute Gasteiger partial charge is 0.335 e. The van der Waals surface area contributed by atoms with Gasteiger partial charge >= 0.3 is 12.0 Å². The summed E-state index contributed by atoms with van der Waals surface area (Å²) in [6.07, 6.45) is 3.94. The zero-order valence-electron chi connectivity index (χ0n) is 10.7. The first kappa shape index (κ1) is 13.4. The molecule has 0 saturated heterocycles. The molecule has 2 amide bonds. The molecule has 19 heavy (non-hydrogen) atoms. The van der Waals surface area contributed by atoms with Crippen LogP contribution in [0, 0.1) is 0 Å². The quantitative estimate of drug-likeness (QED) is 0.756. The topological polar surface area (TPSA) is 78.4 Å². The van der Waals surface area contributed by atoms with Gasteiger partial charge in [-0.25, -0.2) is 9.59 Å². The van der Waals surface area contributed by atoms with Crippen molar-refractivity contribution in [1.82, 2.24) is 10.6 Å². The van der Waals surface area contributed by atoms with Crippen LogP contribution in [-0.2, 0) is 6.42 Å². The lowest BCUT2D eigenvalue weighted by Crippen LogP contribution is -2.45. The summed E-state index contributed by atoms with van der Waals surface area (Å²) < 4.78 is 0. The molecule has 0 bridgehead atoms. The van der Waals surface area contributed by atoms with Crippen molar-refractivity contribution in [3.8, 4) is 0 Å². The number of hydrogen-bond acceptors (Lipinski definition) is 2. The van der Waals surface area contributed by atoms with Gasteiger partial charge in [0.05, 0.1) is 5.56 Å². The van der Waals surface area contributed by atoms with Crippen molar-refractivity contribution in [3.05, 3.63) is 35.4 Å². The summed E-state index contributed by atoms with van der Waals surface area (Å²) in [6, 6.07) is 6.95. The van der Waals surface area contributed by atoms with Crippen molar-refractivity contribution < 1.29 is 14.7 Å². The van der Waals surface area contributed by atoms with E-state index < -0.39 is 5.97 Å². The fraction of sp³-hybridized carbons (Fsp3) is 0.429. The molecule has 102 valence electrons. The Bertz CT molecular complexity index is 470. The van der Waals surface area contributed by atoms with Gasteiger partial charge in [0.2, 0.25) is 0 Å². The second-order valence-corrected chi connectivity index (χ2v) is 4.78. The predicted molar refractivity (Wildman–Crippen MR) is 71.3 cm³/mol. The van der Waals surface area contributed by atoms with E-state index in [1.807, 2.05) is 6.07 Å². The van der Waals surface area contributed by atoms with Crippen molar-refractivity contribution in [2.75, 3.05) is 6.54 Å². The van der Waals surface area contributed by atoms with Crippen LogP contribution in [0.2, 0.25) is 0 Å². The van der Waals surface area contributed by atoms with Crippen LogP contribution >= 0.6 is 0 Å². The Morgan fingerprint density at radius 3 is 2.74 bits per heavy atom. The molecule has 0 unspecified atom stereocenters. The lowest BCUT2D eigenvalue weighted by Gasteiger charge is -2.26. The summed E-state index contributed by atoms with van der Waals surface area (Å²) in [6.45, 7) is 0.502. The van der Waals surface area contributed by atoms with E-state index in [0.717, 1.165) is 18.4 Å². The van der Waals surface area contributed by atoms with Gasteiger partial charge in [-0.3, -0.25) is 0 Å². The second kappa shape index (κ2) is 6.22. The van der Waals surface area contributed by atoms with Crippen LogP contribution in [0.15, 0.2) is 24.3 Å². The van der Waals surface area contributed by atoms with Gasteiger partial charge in [-0.15, -0.1) is 0 Å². The Morgan fingerprint density at radius 1 is 1.32 bits per heavy atom. The molecule has 1 aromatic carbocycles. The van der Waals surface area contributed by atoms with Gasteiger partial charge in [-0.05, 0) is 43.4 Å². The zero-order chi connectivity index (χ0) is 13.7. The van der Waals surface area contributed by atoms with Gasteiger partial charge in [0, 0.05) is 12.6 Å². The second-order valence-electron chi connectivity index (χ2n) is 4.78. The third kappa shape index (κ3) is 3.98.